The number of carbonyl (C=O) groups is 1. The van der Waals surface area contributed by atoms with Crippen molar-refractivity contribution in [1.29, 1.82) is 0 Å². The van der Waals surface area contributed by atoms with E-state index in [0.29, 0.717) is 12.4 Å². The number of hydrogen-bond donors (Lipinski definition) is 2. The zero-order chi connectivity index (χ0) is 22.1. The largest absolute Gasteiger partial charge is 0.494 e. The van der Waals surface area contributed by atoms with Crippen molar-refractivity contribution in [3.05, 3.63) is 90.3 Å². The van der Waals surface area contributed by atoms with Gasteiger partial charge in [0.05, 0.1) is 11.5 Å². The van der Waals surface area contributed by atoms with Crippen LogP contribution in [0.15, 0.2) is 84.0 Å². The molecule has 0 bridgehead atoms. The van der Waals surface area contributed by atoms with Gasteiger partial charge in [0.1, 0.15) is 11.8 Å². The summed E-state index contributed by atoms with van der Waals surface area (Å²) in [5.74, 6) is 0.174. The first-order valence-corrected chi connectivity index (χ1v) is 11.4. The van der Waals surface area contributed by atoms with Gasteiger partial charge in [-0.25, -0.2) is 8.42 Å². The van der Waals surface area contributed by atoms with Crippen LogP contribution in [0.3, 0.4) is 0 Å². The summed E-state index contributed by atoms with van der Waals surface area (Å²) in [6, 6.07) is 18.0. The lowest BCUT2D eigenvalue weighted by Crippen LogP contribution is -2.47. The number of carbonyl (C=O) groups excluding carboxylic acids is 1. The van der Waals surface area contributed by atoms with Gasteiger partial charge in [-0.3, -0.25) is 9.78 Å². The first-order chi connectivity index (χ1) is 15.0. The molecule has 0 fully saturated rings. The Labute approximate surface area is 182 Å². The molecule has 2 aromatic carbocycles. The highest BCUT2D eigenvalue weighted by Gasteiger charge is 2.26. The van der Waals surface area contributed by atoms with Gasteiger partial charge in [-0.05, 0) is 60.9 Å². The number of nitrogens with zero attached hydrogens (tertiary/aromatic N) is 1. The van der Waals surface area contributed by atoms with Gasteiger partial charge in [0.15, 0.2) is 0 Å². The first-order valence-electron chi connectivity index (χ1n) is 9.93. The van der Waals surface area contributed by atoms with Crippen LogP contribution in [0.2, 0.25) is 0 Å². The topological polar surface area (TPSA) is 97.4 Å². The van der Waals surface area contributed by atoms with Gasteiger partial charge in [0, 0.05) is 18.9 Å². The fourth-order valence-corrected chi connectivity index (χ4v) is 4.18. The Kier molecular flexibility index (Phi) is 7.75. The Morgan fingerprint density at radius 2 is 1.65 bits per heavy atom. The first kappa shape index (κ1) is 22.5. The number of nitrogens with one attached hydrogen (secondary N) is 2. The molecule has 1 heterocycles. The van der Waals surface area contributed by atoms with Gasteiger partial charge in [0.2, 0.25) is 15.9 Å². The van der Waals surface area contributed by atoms with Crippen molar-refractivity contribution in [1.82, 2.24) is 15.0 Å². The summed E-state index contributed by atoms with van der Waals surface area (Å²) in [4.78, 5) is 16.9. The molecule has 31 heavy (non-hydrogen) atoms. The minimum atomic E-state index is -3.92. The number of amides is 1. The molecule has 0 spiro atoms. The summed E-state index contributed by atoms with van der Waals surface area (Å²) in [7, 11) is -3.92. The highest BCUT2D eigenvalue weighted by Crippen LogP contribution is 2.17. The van der Waals surface area contributed by atoms with Crippen molar-refractivity contribution in [2.24, 2.45) is 0 Å². The number of aromatic nitrogens is 1. The Morgan fingerprint density at radius 3 is 2.29 bits per heavy atom. The predicted molar refractivity (Wildman–Crippen MR) is 118 cm³/mol. The van der Waals surface area contributed by atoms with Crippen molar-refractivity contribution in [3.8, 4) is 5.75 Å². The molecule has 0 saturated carbocycles. The predicted octanol–water partition coefficient (Wildman–Crippen LogP) is 2.69. The lowest BCUT2D eigenvalue weighted by molar-refractivity contribution is -0.122. The minimum Gasteiger partial charge on any atom is -0.494 e. The SMILES string of the molecule is CCOc1ccc(S(=O)(=O)N[C@H](Cc2ccccc2)C(=O)NCc2ccncc2)cc1. The number of hydrogen-bond acceptors (Lipinski definition) is 5. The summed E-state index contributed by atoms with van der Waals surface area (Å²) in [6.07, 6.45) is 3.49. The summed E-state index contributed by atoms with van der Waals surface area (Å²) < 4.78 is 33.8. The molecule has 162 valence electrons. The van der Waals surface area contributed by atoms with Crippen molar-refractivity contribution in [2.45, 2.75) is 30.8 Å². The van der Waals surface area contributed by atoms with Crippen molar-refractivity contribution in [2.75, 3.05) is 6.61 Å². The van der Waals surface area contributed by atoms with Gasteiger partial charge in [-0.1, -0.05) is 30.3 Å². The summed E-state index contributed by atoms with van der Waals surface area (Å²) in [6.45, 7) is 2.61. The summed E-state index contributed by atoms with van der Waals surface area (Å²) in [5, 5.41) is 2.81. The third-order valence-electron chi connectivity index (χ3n) is 4.56. The number of ether oxygens (including phenoxy) is 1. The van der Waals surface area contributed by atoms with Crippen molar-refractivity contribution >= 4 is 15.9 Å². The van der Waals surface area contributed by atoms with E-state index in [2.05, 4.69) is 15.0 Å². The molecular formula is C23H25N3O4S. The van der Waals surface area contributed by atoms with E-state index >= 15 is 0 Å². The van der Waals surface area contributed by atoms with Gasteiger partial charge in [-0.2, -0.15) is 4.72 Å². The summed E-state index contributed by atoms with van der Waals surface area (Å²) >= 11 is 0. The maximum Gasteiger partial charge on any atom is 0.241 e. The summed E-state index contributed by atoms with van der Waals surface area (Å²) in [5.41, 5.74) is 1.72. The molecule has 0 aliphatic carbocycles. The normalized spacial score (nSPS) is 12.2. The molecule has 1 aromatic heterocycles. The minimum absolute atomic E-state index is 0.0657. The molecule has 7 nitrogen and oxygen atoms in total. The second-order valence-electron chi connectivity index (χ2n) is 6.84. The molecule has 3 aromatic rings. The third kappa shape index (κ3) is 6.63. The highest BCUT2D eigenvalue weighted by atomic mass is 32.2. The van der Waals surface area contributed by atoms with Crippen LogP contribution in [0, 0.1) is 0 Å². The maximum absolute atomic E-state index is 12.9. The van der Waals surface area contributed by atoms with Crippen LogP contribution in [-0.4, -0.2) is 32.0 Å². The van der Waals surface area contributed by atoms with E-state index in [9.17, 15) is 13.2 Å². The van der Waals surface area contributed by atoms with Gasteiger partial charge in [0.25, 0.3) is 0 Å². The molecule has 0 unspecified atom stereocenters. The van der Waals surface area contributed by atoms with Crippen LogP contribution in [0.1, 0.15) is 18.1 Å². The molecular weight excluding hydrogens is 414 g/mol. The number of rotatable bonds is 10. The van der Waals surface area contributed by atoms with E-state index in [0.717, 1.165) is 11.1 Å². The molecule has 0 aliphatic heterocycles. The number of sulfonamides is 1. The van der Waals surface area contributed by atoms with Crippen LogP contribution < -0.4 is 14.8 Å². The molecule has 0 radical (unpaired) electrons. The number of pyridine rings is 1. The Morgan fingerprint density at radius 1 is 0.968 bits per heavy atom. The van der Waals surface area contributed by atoms with E-state index in [1.807, 2.05) is 37.3 Å². The molecule has 3 rings (SSSR count). The zero-order valence-electron chi connectivity index (χ0n) is 17.2. The fourth-order valence-electron chi connectivity index (χ4n) is 2.99. The van der Waals surface area contributed by atoms with Crippen LogP contribution >= 0.6 is 0 Å². The van der Waals surface area contributed by atoms with E-state index in [4.69, 9.17) is 4.74 Å². The lowest BCUT2D eigenvalue weighted by atomic mass is 10.1. The van der Waals surface area contributed by atoms with Crippen molar-refractivity contribution in [3.63, 3.8) is 0 Å². The average molecular weight is 440 g/mol. The Bertz CT molecular complexity index is 1070. The van der Waals surface area contributed by atoms with E-state index in [1.165, 1.54) is 12.1 Å². The molecule has 1 atom stereocenters. The average Bonchev–Trinajstić information content (AvgIpc) is 2.79. The zero-order valence-corrected chi connectivity index (χ0v) is 18.0. The smallest absolute Gasteiger partial charge is 0.241 e. The van der Waals surface area contributed by atoms with Crippen molar-refractivity contribution < 1.29 is 17.9 Å². The monoisotopic (exact) mass is 439 g/mol. The second kappa shape index (κ2) is 10.7. The maximum atomic E-state index is 12.9. The Hall–Kier alpha value is -3.23. The molecule has 0 aliphatic rings. The highest BCUT2D eigenvalue weighted by molar-refractivity contribution is 7.89. The molecule has 1 amide bonds. The van der Waals surface area contributed by atoms with Crippen LogP contribution in [0.25, 0.3) is 0 Å². The van der Waals surface area contributed by atoms with Crippen LogP contribution in [0.5, 0.6) is 5.75 Å². The molecule has 0 saturated heterocycles. The van der Waals surface area contributed by atoms with Crippen LogP contribution in [-0.2, 0) is 27.8 Å². The van der Waals surface area contributed by atoms with E-state index < -0.39 is 22.0 Å². The van der Waals surface area contributed by atoms with Gasteiger partial charge < -0.3 is 10.1 Å². The van der Waals surface area contributed by atoms with Gasteiger partial charge >= 0.3 is 0 Å². The standard InChI is InChI=1S/C23H25N3O4S/c1-2-30-20-8-10-21(11-9-20)31(28,29)26-22(16-18-6-4-3-5-7-18)23(27)25-17-19-12-14-24-15-13-19/h3-15,22,26H,2,16-17H2,1H3,(H,25,27)/t22-/m1/s1. The van der Waals surface area contributed by atoms with E-state index in [-0.39, 0.29) is 17.9 Å². The molecule has 2 N–H and O–H groups in total. The quantitative estimate of drug-likeness (QED) is 0.506. The Balaban J connectivity index is 1.77. The number of benzene rings is 2. The lowest BCUT2D eigenvalue weighted by Gasteiger charge is -2.19. The van der Waals surface area contributed by atoms with Gasteiger partial charge in [-0.15, -0.1) is 0 Å². The molecule has 8 heteroatoms. The fraction of sp³-hybridized carbons (Fsp3) is 0.217. The second-order valence-corrected chi connectivity index (χ2v) is 8.56. The third-order valence-corrected chi connectivity index (χ3v) is 6.05. The van der Waals surface area contributed by atoms with E-state index in [1.54, 1.807) is 36.7 Å². The van der Waals surface area contributed by atoms with Crippen LogP contribution in [0.4, 0.5) is 0 Å².